The molecule has 0 amide bonds. The predicted octanol–water partition coefficient (Wildman–Crippen LogP) is 5.92. The van der Waals surface area contributed by atoms with E-state index in [1.165, 1.54) is 30.3 Å². The van der Waals surface area contributed by atoms with E-state index >= 15 is 0 Å². The topological polar surface area (TPSA) is 58.9 Å². The molecule has 4 nitrogen and oxygen atoms in total. The first-order valence-corrected chi connectivity index (χ1v) is 8.61. The molecule has 28 heavy (non-hydrogen) atoms. The summed E-state index contributed by atoms with van der Waals surface area (Å²) in [5, 5.41) is 12.9. The van der Waals surface area contributed by atoms with Crippen LogP contribution < -0.4 is 0 Å². The van der Waals surface area contributed by atoms with Gasteiger partial charge in [-0.15, -0.1) is 0 Å². The molecule has 1 atom stereocenters. The third-order valence-corrected chi connectivity index (χ3v) is 4.79. The van der Waals surface area contributed by atoms with Crippen molar-refractivity contribution in [2.75, 3.05) is 0 Å². The second-order valence-electron chi connectivity index (χ2n) is 6.10. The highest BCUT2D eigenvalue weighted by molar-refractivity contribution is 6.34. The highest BCUT2D eigenvalue weighted by Gasteiger charge is 2.62. The number of nitrogens with zero attached hydrogens (tertiary/aromatic N) is 1. The van der Waals surface area contributed by atoms with Crippen molar-refractivity contribution in [1.82, 2.24) is 0 Å². The molecule has 3 rings (SSSR count). The van der Waals surface area contributed by atoms with Gasteiger partial charge in [-0.05, 0) is 35.9 Å². The molecule has 0 aromatic heterocycles. The first kappa shape index (κ1) is 20.2. The van der Waals surface area contributed by atoms with Gasteiger partial charge in [0.25, 0.3) is 5.60 Å². The van der Waals surface area contributed by atoms with E-state index in [1.807, 2.05) is 0 Å². The number of aromatic carboxylic acids is 1. The lowest BCUT2D eigenvalue weighted by Crippen LogP contribution is -2.42. The fourth-order valence-corrected chi connectivity index (χ4v) is 3.48. The Morgan fingerprint density at radius 3 is 2.39 bits per heavy atom. The molecule has 0 radical (unpaired) electrons. The highest BCUT2D eigenvalue weighted by Crippen LogP contribution is 2.49. The van der Waals surface area contributed by atoms with Crippen molar-refractivity contribution in [3.63, 3.8) is 0 Å². The van der Waals surface area contributed by atoms with Gasteiger partial charge in [0.2, 0.25) is 0 Å². The Morgan fingerprint density at radius 2 is 1.86 bits per heavy atom. The molecule has 0 fully saturated rings. The van der Waals surface area contributed by atoms with Crippen LogP contribution in [0.5, 0.6) is 0 Å². The van der Waals surface area contributed by atoms with Gasteiger partial charge >= 0.3 is 12.1 Å². The molecule has 2 aromatic carbocycles. The minimum absolute atomic E-state index is 0.00783. The molecule has 1 unspecified atom stereocenters. The summed E-state index contributed by atoms with van der Waals surface area (Å²) in [5.74, 6) is -1.18. The number of rotatable bonds is 4. The van der Waals surface area contributed by atoms with Crippen LogP contribution in [0, 0.1) is 0 Å². The van der Waals surface area contributed by atoms with Gasteiger partial charge in [0, 0.05) is 27.6 Å². The number of hydrogen-bond acceptors (Lipinski definition) is 3. The van der Waals surface area contributed by atoms with E-state index in [0.29, 0.717) is 5.56 Å². The van der Waals surface area contributed by atoms with Gasteiger partial charge in [0.15, 0.2) is 0 Å². The van der Waals surface area contributed by atoms with E-state index in [4.69, 9.17) is 33.1 Å². The SMILES string of the molecule is C=Cc1cc(C2=NOC(c3cc(Cl)cc(Cl)c3)(C(F)(F)F)C2)ccc1C(=O)O. The molecule has 0 aliphatic carbocycles. The van der Waals surface area contributed by atoms with Gasteiger partial charge in [-0.2, -0.15) is 13.2 Å². The summed E-state index contributed by atoms with van der Waals surface area (Å²) in [5.41, 5.74) is -2.50. The molecular weight excluding hydrogens is 418 g/mol. The summed E-state index contributed by atoms with van der Waals surface area (Å²) >= 11 is 11.7. The quantitative estimate of drug-likeness (QED) is 0.656. The molecule has 0 spiro atoms. The third kappa shape index (κ3) is 3.47. The van der Waals surface area contributed by atoms with Crippen molar-refractivity contribution in [2.45, 2.75) is 18.2 Å². The molecule has 0 saturated heterocycles. The van der Waals surface area contributed by atoms with E-state index in [9.17, 15) is 18.0 Å². The largest absolute Gasteiger partial charge is 0.478 e. The Labute approximate surface area is 167 Å². The molecule has 1 aliphatic rings. The Kier molecular flexibility index (Phi) is 5.16. The second kappa shape index (κ2) is 7.14. The van der Waals surface area contributed by atoms with Crippen LogP contribution in [-0.2, 0) is 10.4 Å². The van der Waals surface area contributed by atoms with Gasteiger partial charge in [0.05, 0.1) is 11.3 Å². The van der Waals surface area contributed by atoms with Crippen molar-refractivity contribution in [3.8, 4) is 0 Å². The van der Waals surface area contributed by atoms with E-state index in [1.54, 1.807) is 0 Å². The molecule has 9 heteroatoms. The number of halogens is 5. The Bertz CT molecular complexity index is 984. The monoisotopic (exact) mass is 429 g/mol. The average molecular weight is 430 g/mol. The number of carboxylic acid groups (broad SMARTS) is 1. The van der Waals surface area contributed by atoms with Crippen LogP contribution in [-0.4, -0.2) is 23.0 Å². The van der Waals surface area contributed by atoms with Crippen molar-refractivity contribution in [1.29, 1.82) is 0 Å². The molecule has 0 bridgehead atoms. The predicted molar refractivity (Wildman–Crippen MR) is 99.9 cm³/mol. The summed E-state index contributed by atoms with van der Waals surface area (Å²) in [6.07, 6.45) is -4.14. The van der Waals surface area contributed by atoms with Crippen LogP contribution in [0.2, 0.25) is 10.0 Å². The van der Waals surface area contributed by atoms with Gasteiger partial charge < -0.3 is 9.94 Å². The lowest BCUT2D eigenvalue weighted by Gasteiger charge is -2.29. The lowest BCUT2D eigenvalue weighted by atomic mass is 9.86. The fraction of sp³-hybridized carbons (Fsp3) is 0.158. The normalized spacial score (nSPS) is 19.1. The zero-order chi connectivity index (χ0) is 20.7. The molecule has 1 aliphatic heterocycles. The fourth-order valence-electron chi connectivity index (χ4n) is 2.95. The number of oxime groups is 1. The molecule has 1 N–H and O–H groups in total. The van der Waals surface area contributed by atoms with Gasteiger partial charge in [-0.1, -0.05) is 47.1 Å². The maximum absolute atomic E-state index is 14.0. The molecule has 2 aromatic rings. The van der Waals surface area contributed by atoms with Crippen molar-refractivity contribution in [2.24, 2.45) is 5.16 Å². The average Bonchev–Trinajstić information content (AvgIpc) is 3.07. The van der Waals surface area contributed by atoms with Crippen molar-refractivity contribution < 1.29 is 27.9 Å². The van der Waals surface area contributed by atoms with E-state index < -0.39 is 24.2 Å². The standard InChI is InChI=1S/C19H12Cl2F3NO3/c1-2-10-5-11(3-4-15(10)17(26)27)16-9-18(28-25-16,19(22,23)24)12-6-13(20)8-14(21)7-12/h2-8H,1,9H2,(H,26,27). The van der Waals surface area contributed by atoms with Crippen molar-refractivity contribution >= 4 is 41.0 Å². The molecule has 0 saturated carbocycles. The first-order chi connectivity index (χ1) is 13.1. The zero-order valence-electron chi connectivity index (χ0n) is 14.1. The van der Waals surface area contributed by atoms with E-state index in [-0.39, 0.29) is 32.4 Å². The molecule has 146 valence electrons. The number of hydrogen-bond donors (Lipinski definition) is 1. The molecule has 1 heterocycles. The second-order valence-corrected chi connectivity index (χ2v) is 6.97. The summed E-state index contributed by atoms with van der Waals surface area (Å²) in [6, 6.07) is 7.62. The minimum atomic E-state index is -4.81. The van der Waals surface area contributed by atoms with Gasteiger partial charge in [0.1, 0.15) is 0 Å². The Hall–Kier alpha value is -2.51. The van der Waals surface area contributed by atoms with Crippen LogP contribution in [0.15, 0.2) is 48.1 Å². The van der Waals surface area contributed by atoms with Crippen LogP contribution in [0.3, 0.4) is 0 Å². The van der Waals surface area contributed by atoms with Crippen LogP contribution in [0.25, 0.3) is 6.08 Å². The zero-order valence-corrected chi connectivity index (χ0v) is 15.6. The maximum Gasteiger partial charge on any atom is 0.435 e. The van der Waals surface area contributed by atoms with Gasteiger partial charge in [-0.3, -0.25) is 0 Å². The Balaban J connectivity index is 2.05. The maximum atomic E-state index is 14.0. The molecular formula is C19H12Cl2F3NO3. The van der Waals surface area contributed by atoms with Crippen LogP contribution >= 0.6 is 23.2 Å². The number of carboxylic acids is 1. The number of alkyl halides is 3. The van der Waals surface area contributed by atoms with E-state index in [2.05, 4.69) is 11.7 Å². The third-order valence-electron chi connectivity index (χ3n) is 4.35. The van der Waals surface area contributed by atoms with Gasteiger partial charge in [-0.25, -0.2) is 4.79 Å². The smallest absolute Gasteiger partial charge is 0.435 e. The number of carbonyl (C=O) groups is 1. The first-order valence-electron chi connectivity index (χ1n) is 7.86. The van der Waals surface area contributed by atoms with E-state index in [0.717, 1.165) is 12.1 Å². The minimum Gasteiger partial charge on any atom is -0.478 e. The summed E-state index contributed by atoms with van der Waals surface area (Å²) in [6.45, 7) is 3.53. The summed E-state index contributed by atoms with van der Waals surface area (Å²) in [4.78, 5) is 16.1. The van der Waals surface area contributed by atoms with Crippen molar-refractivity contribution in [3.05, 3.63) is 75.3 Å². The van der Waals surface area contributed by atoms with Crippen LogP contribution in [0.1, 0.15) is 33.5 Å². The summed E-state index contributed by atoms with van der Waals surface area (Å²) in [7, 11) is 0. The Morgan fingerprint density at radius 1 is 1.21 bits per heavy atom. The van der Waals surface area contributed by atoms with Crippen LogP contribution in [0.4, 0.5) is 13.2 Å². The number of benzene rings is 2. The summed E-state index contributed by atoms with van der Waals surface area (Å²) < 4.78 is 42.0. The lowest BCUT2D eigenvalue weighted by molar-refractivity contribution is -0.275. The highest BCUT2D eigenvalue weighted by atomic mass is 35.5.